The summed E-state index contributed by atoms with van der Waals surface area (Å²) in [6.07, 6.45) is 14.3. The summed E-state index contributed by atoms with van der Waals surface area (Å²) < 4.78 is 0. The summed E-state index contributed by atoms with van der Waals surface area (Å²) in [5.74, 6) is 0. The molecule has 0 saturated carbocycles. The van der Waals surface area contributed by atoms with Gasteiger partial charge in [-0.25, -0.2) is 17.7 Å². The van der Waals surface area contributed by atoms with E-state index in [-0.39, 0.29) is 51.0 Å². The number of rotatable bonds is 0. The number of allylic oxidation sites excluding steroid dienone is 8. The van der Waals surface area contributed by atoms with Gasteiger partial charge >= 0.3 is 26.2 Å². The summed E-state index contributed by atoms with van der Waals surface area (Å²) in [6.45, 7) is 8.54. The largest absolute Gasteiger partial charge is 4.00 e. The fraction of sp³-hybridized carbons (Fsp3) is 0.300. The minimum atomic E-state index is 0. The van der Waals surface area contributed by atoms with Gasteiger partial charge in [0.2, 0.25) is 0 Å². The van der Waals surface area contributed by atoms with Crippen molar-refractivity contribution in [1.29, 1.82) is 0 Å². The molecule has 3 rings (SSSR count). The molecule has 0 saturated heterocycles. The van der Waals surface area contributed by atoms with Crippen LogP contribution >= 0.6 is 0 Å². The van der Waals surface area contributed by atoms with Gasteiger partial charge in [-0.1, -0.05) is 48.9 Å². The topological polar surface area (TPSA) is 0 Å². The number of aryl methyl sites for hydroxylation is 1. The van der Waals surface area contributed by atoms with Crippen molar-refractivity contribution in [2.45, 2.75) is 40.5 Å². The summed E-state index contributed by atoms with van der Waals surface area (Å²) in [6, 6.07) is 8.52. The minimum Gasteiger partial charge on any atom is -1.00 e. The zero-order valence-electron chi connectivity index (χ0n) is 14.9. The Kier molecular flexibility index (Phi) is 19.5. The van der Waals surface area contributed by atoms with Gasteiger partial charge in [0.1, 0.15) is 0 Å². The molecule has 0 heterocycles. The zero-order valence-corrected chi connectivity index (χ0v) is 20.3. The van der Waals surface area contributed by atoms with Crippen molar-refractivity contribution in [3.8, 4) is 0 Å². The molecule has 0 atom stereocenters. The molecule has 2 aliphatic carbocycles. The van der Waals surface area contributed by atoms with Crippen LogP contribution in [0.1, 0.15) is 39.2 Å². The number of benzene rings is 1. The number of halogens is 2. The van der Waals surface area contributed by atoms with E-state index in [1.54, 1.807) is 0 Å². The van der Waals surface area contributed by atoms with Gasteiger partial charge in [0.25, 0.3) is 0 Å². The molecule has 4 heteroatoms. The quantitative estimate of drug-likeness (QED) is 0.315. The molecule has 0 N–H and O–H groups in total. The van der Waals surface area contributed by atoms with Gasteiger partial charge < -0.3 is 24.8 Å². The molecule has 127 valence electrons. The third-order valence-electron chi connectivity index (χ3n) is 3.53. The molecule has 1 aromatic rings. The van der Waals surface area contributed by atoms with Crippen molar-refractivity contribution >= 4 is 15.4 Å². The first kappa shape index (κ1) is 28.7. The van der Waals surface area contributed by atoms with Crippen LogP contribution in [0.4, 0.5) is 0 Å². The second-order valence-corrected chi connectivity index (χ2v) is 6.19. The molecule has 0 aromatic heterocycles. The summed E-state index contributed by atoms with van der Waals surface area (Å²) in [4.78, 5) is 0. The average Bonchev–Trinajstić information content (AvgIpc) is 3.14. The van der Waals surface area contributed by atoms with Crippen LogP contribution in [0, 0.1) is 19.1 Å². The van der Waals surface area contributed by atoms with E-state index in [9.17, 15) is 0 Å². The molecule has 0 aliphatic heterocycles. The fourth-order valence-electron chi connectivity index (χ4n) is 1.78. The fourth-order valence-corrected chi connectivity index (χ4v) is 2.01. The maximum atomic E-state index is 3.26. The predicted octanol–water partition coefficient (Wildman–Crippen LogP) is -1.96. The van der Waals surface area contributed by atoms with E-state index in [0.29, 0.717) is 0 Å². The molecular formula is C20H25Cl2SiZr. The first-order chi connectivity index (χ1) is 10.0. The smallest absolute Gasteiger partial charge is 1.00 e. The van der Waals surface area contributed by atoms with Gasteiger partial charge in [-0.15, -0.1) is 19.8 Å². The Hall–Kier alpha value is -0.140. The van der Waals surface area contributed by atoms with Gasteiger partial charge in [-0.2, -0.15) is 17.2 Å². The number of hydrogen-bond acceptors (Lipinski definition) is 0. The molecule has 0 nitrogen and oxygen atoms in total. The first-order valence-corrected chi connectivity index (χ1v) is 8.06. The van der Waals surface area contributed by atoms with Gasteiger partial charge in [-0.05, 0) is 6.92 Å². The van der Waals surface area contributed by atoms with Gasteiger partial charge in [0.15, 0.2) is 0 Å². The van der Waals surface area contributed by atoms with Gasteiger partial charge in [-0.3, -0.25) is 12.2 Å². The van der Waals surface area contributed by atoms with Crippen LogP contribution in [0.2, 0.25) is 0 Å². The summed E-state index contributed by atoms with van der Waals surface area (Å²) >= 11 is 0. The Morgan fingerprint density at radius 2 is 1.54 bits per heavy atom. The van der Waals surface area contributed by atoms with E-state index in [1.165, 1.54) is 27.5 Å². The molecular weight excluding hydrogens is 430 g/mol. The van der Waals surface area contributed by atoms with E-state index >= 15 is 0 Å². The van der Waals surface area contributed by atoms with Crippen molar-refractivity contribution in [3.05, 3.63) is 76.9 Å². The van der Waals surface area contributed by atoms with E-state index in [0.717, 1.165) is 12.8 Å². The second-order valence-electron chi connectivity index (χ2n) is 5.37. The predicted molar refractivity (Wildman–Crippen MR) is 96.3 cm³/mol. The third-order valence-corrected chi connectivity index (χ3v) is 4.00. The maximum absolute atomic E-state index is 3.26. The molecule has 0 bridgehead atoms. The van der Waals surface area contributed by atoms with Crippen molar-refractivity contribution in [2.75, 3.05) is 0 Å². The molecule has 1 radical (unpaired) electrons. The van der Waals surface area contributed by atoms with Crippen LogP contribution in [-0.4, -0.2) is 10.2 Å². The molecule has 0 amide bonds. The van der Waals surface area contributed by atoms with Crippen LogP contribution in [0.3, 0.4) is 0 Å². The summed E-state index contributed by atoms with van der Waals surface area (Å²) in [5.41, 5.74) is 5.58. The molecule has 1 aromatic carbocycles. The molecule has 0 spiro atoms. The SMILES string of the molecule is CC1=[C-]CC(C)=C1C.Cc1ccc([SiH2])cc1.[C-]1=CC=CC1.[Cl-].[Cl-].[Zr+4]. The zero-order chi connectivity index (χ0) is 15.7. The van der Waals surface area contributed by atoms with E-state index in [2.05, 4.69) is 70.2 Å². The van der Waals surface area contributed by atoms with Crippen LogP contribution in [0.15, 0.2) is 59.2 Å². The second kappa shape index (κ2) is 16.3. The monoisotopic (exact) mass is 453 g/mol. The van der Waals surface area contributed by atoms with E-state index in [1.807, 2.05) is 22.4 Å². The van der Waals surface area contributed by atoms with Gasteiger partial charge in [0, 0.05) is 10.2 Å². The normalized spacial score (nSPS) is 13.3. The van der Waals surface area contributed by atoms with E-state index < -0.39 is 0 Å². The molecule has 0 fully saturated rings. The average molecular weight is 456 g/mol. The first-order valence-electron chi connectivity index (χ1n) is 7.35. The van der Waals surface area contributed by atoms with Crippen LogP contribution < -0.4 is 30.0 Å². The third kappa shape index (κ3) is 12.3. The Balaban J connectivity index is -0.000000265. The summed E-state index contributed by atoms with van der Waals surface area (Å²) in [7, 11) is 1.91. The summed E-state index contributed by atoms with van der Waals surface area (Å²) in [5, 5.41) is 1.36. The van der Waals surface area contributed by atoms with Crippen LogP contribution in [-0.2, 0) is 26.2 Å². The van der Waals surface area contributed by atoms with Crippen molar-refractivity contribution in [3.63, 3.8) is 0 Å². The molecule has 2 aliphatic rings. The number of hydrogen-bond donors (Lipinski definition) is 0. The Labute approximate surface area is 183 Å². The van der Waals surface area contributed by atoms with Crippen LogP contribution in [0.5, 0.6) is 0 Å². The van der Waals surface area contributed by atoms with Crippen molar-refractivity contribution < 1.29 is 51.0 Å². The molecule has 24 heavy (non-hydrogen) atoms. The Bertz CT molecular complexity index is 533. The van der Waals surface area contributed by atoms with E-state index in [4.69, 9.17) is 0 Å². The van der Waals surface area contributed by atoms with Crippen molar-refractivity contribution in [1.82, 2.24) is 0 Å². The Morgan fingerprint density at radius 3 is 1.75 bits per heavy atom. The van der Waals surface area contributed by atoms with Crippen molar-refractivity contribution in [2.24, 2.45) is 0 Å². The minimum absolute atomic E-state index is 0. The van der Waals surface area contributed by atoms with Gasteiger partial charge in [0.05, 0.1) is 0 Å². The standard InChI is InChI=1S/C8H11.C7H9Si.C5H5.2ClH.Zr/c1-6-4-5-7(2)8(6)3;1-6-2-4-7(8)5-3-6;1-2-4-5-3-1;;;/h4H2,1-3H3;2-5H,8H2,1H3;1-3H,4H2;2*1H;/q-1;;-1;;;+4/p-2. The Morgan fingerprint density at radius 1 is 0.958 bits per heavy atom. The molecule has 0 unspecified atom stereocenters. The van der Waals surface area contributed by atoms with Crippen LogP contribution in [0.25, 0.3) is 0 Å². The maximum Gasteiger partial charge on any atom is 4.00 e.